The fourth-order valence-corrected chi connectivity index (χ4v) is 3.49. The zero-order valence-corrected chi connectivity index (χ0v) is 15.7. The number of anilines is 2. The number of rotatable bonds is 5. The first-order valence-corrected chi connectivity index (χ1v) is 9.61. The third-order valence-electron chi connectivity index (χ3n) is 5.14. The summed E-state index contributed by atoms with van der Waals surface area (Å²) in [6.45, 7) is 0. The lowest BCUT2D eigenvalue weighted by molar-refractivity contribution is 0.664. The number of nitrogens with two attached hydrogens (primary N) is 1. The van der Waals surface area contributed by atoms with Gasteiger partial charge in [0.1, 0.15) is 5.82 Å². The topological polar surface area (TPSA) is 123 Å². The van der Waals surface area contributed by atoms with Crippen LogP contribution in [0.2, 0.25) is 0 Å². The van der Waals surface area contributed by atoms with E-state index in [9.17, 15) is 0 Å². The van der Waals surface area contributed by atoms with Crippen LogP contribution in [0, 0.1) is 5.41 Å². The van der Waals surface area contributed by atoms with Crippen LogP contribution in [-0.4, -0.2) is 29.4 Å². The Morgan fingerprint density at radius 2 is 2.00 bits per heavy atom. The van der Waals surface area contributed by atoms with E-state index in [0.717, 1.165) is 28.2 Å². The van der Waals surface area contributed by atoms with Crippen molar-refractivity contribution in [2.45, 2.75) is 25.0 Å². The number of nitrogens with zero attached hydrogens (tertiary/aromatic N) is 2. The fourth-order valence-electron chi connectivity index (χ4n) is 3.49. The first-order chi connectivity index (χ1) is 14.2. The molecule has 1 fully saturated rings. The van der Waals surface area contributed by atoms with E-state index in [2.05, 4.69) is 26.3 Å². The van der Waals surface area contributed by atoms with Crippen LogP contribution in [0.1, 0.15) is 24.0 Å². The molecule has 1 unspecified atom stereocenters. The molecule has 2 aromatic rings. The predicted octanol–water partition coefficient (Wildman–Crippen LogP) is 1.97. The van der Waals surface area contributed by atoms with E-state index in [1.807, 2.05) is 30.5 Å². The van der Waals surface area contributed by atoms with Gasteiger partial charge in [-0.2, -0.15) is 0 Å². The molecule has 0 spiro atoms. The monoisotopic (exact) mass is 386 g/mol. The highest BCUT2D eigenvalue weighted by Crippen LogP contribution is 2.34. The van der Waals surface area contributed by atoms with Crippen molar-refractivity contribution in [1.29, 1.82) is 5.41 Å². The van der Waals surface area contributed by atoms with Gasteiger partial charge in [0.2, 0.25) is 5.96 Å². The van der Waals surface area contributed by atoms with Crippen molar-refractivity contribution in [3.05, 3.63) is 71.4 Å². The molecule has 0 saturated heterocycles. The number of benzene rings is 1. The van der Waals surface area contributed by atoms with Gasteiger partial charge in [-0.1, -0.05) is 0 Å². The minimum absolute atomic E-state index is 0.179. The number of fused-ring (bicyclic) bond motifs is 1. The maximum Gasteiger partial charge on any atom is 0.203 e. The molecule has 5 rings (SSSR count). The van der Waals surface area contributed by atoms with Crippen LogP contribution in [0.3, 0.4) is 0 Å². The Morgan fingerprint density at radius 1 is 1.17 bits per heavy atom. The standard InChI is InChI=1S/C21H22N8/c22-10-13-1-2-15(9-17(13)23)27-21-28-19-18(20(29-21)26-14-3-4-14)16(11-25-19)12-5-7-24-8-6-12/h1-2,5-11,14,19,22,25-26H,3-4,23H2,(H2,27,28,29). The van der Waals surface area contributed by atoms with E-state index >= 15 is 0 Å². The molecule has 0 radical (unpaired) electrons. The normalized spacial score (nSPS) is 20.1. The SMILES string of the molecule is N=Cc1ccc(NC2=NC3NC=C(c4ccncc4)C3=C(NC3CC3)N2)cc1N. The van der Waals surface area contributed by atoms with Crippen molar-refractivity contribution in [2.24, 2.45) is 4.99 Å². The summed E-state index contributed by atoms with van der Waals surface area (Å²) in [5, 5.41) is 21.1. The summed E-state index contributed by atoms with van der Waals surface area (Å²) in [5.41, 5.74) is 11.4. The first kappa shape index (κ1) is 17.3. The molecule has 2 aliphatic heterocycles. The molecule has 1 atom stereocenters. The molecule has 8 heteroatoms. The van der Waals surface area contributed by atoms with Gasteiger partial charge in [0.25, 0.3) is 0 Å². The van der Waals surface area contributed by atoms with Crippen LogP contribution in [0.4, 0.5) is 11.4 Å². The Balaban J connectivity index is 1.43. The molecule has 7 N–H and O–H groups in total. The number of nitrogens with one attached hydrogen (secondary N) is 5. The zero-order valence-electron chi connectivity index (χ0n) is 15.7. The largest absolute Gasteiger partial charge is 0.398 e. The van der Waals surface area contributed by atoms with Gasteiger partial charge in [0.05, 0.1) is 0 Å². The van der Waals surface area contributed by atoms with Crippen LogP contribution >= 0.6 is 0 Å². The Bertz CT molecular complexity index is 1050. The second-order valence-electron chi connectivity index (χ2n) is 7.29. The second kappa shape index (κ2) is 6.97. The Hall–Kier alpha value is -3.81. The average molecular weight is 386 g/mol. The lowest BCUT2D eigenvalue weighted by Gasteiger charge is -2.27. The van der Waals surface area contributed by atoms with Crippen molar-refractivity contribution in [1.82, 2.24) is 20.9 Å². The first-order valence-electron chi connectivity index (χ1n) is 9.61. The van der Waals surface area contributed by atoms with Gasteiger partial charge in [-0.3, -0.25) is 4.98 Å². The van der Waals surface area contributed by atoms with E-state index in [0.29, 0.717) is 23.3 Å². The number of aromatic nitrogens is 1. The smallest absolute Gasteiger partial charge is 0.203 e. The van der Waals surface area contributed by atoms with Gasteiger partial charge in [-0.15, -0.1) is 0 Å². The molecule has 1 aromatic heterocycles. The molecule has 0 bridgehead atoms. The average Bonchev–Trinajstić information content (AvgIpc) is 3.44. The van der Waals surface area contributed by atoms with E-state index in [-0.39, 0.29) is 6.17 Å². The van der Waals surface area contributed by atoms with Crippen molar-refractivity contribution in [2.75, 3.05) is 11.1 Å². The highest BCUT2D eigenvalue weighted by molar-refractivity contribution is 5.99. The second-order valence-corrected chi connectivity index (χ2v) is 7.29. The summed E-state index contributed by atoms with van der Waals surface area (Å²) < 4.78 is 0. The minimum atomic E-state index is -0.179. The lowest BCUT2D eigenvalue weighted by atomic mass is 9.99. The van der Waals surface area contributed by atoms with E-state index < -0.39 is 0 Å². The van der Waals surface area contributed by atoms with Crippen molar-refractivity contribution >= 4 is 29.1 Å². The molecule has 3 aliphatic rings. The summed E-state index contributed by atoms with van der Waals surface area (Å²) in [6.07, 6.45) is 9.02. The van der Waals surface area contributed by atoms with Crippen molar-refractivity contribution in [3.63, 3.8) is 0 Å². The van der Waals surface area contributed by atoms with Crippen LogP contribution in [-0.2, 0) is 0 Å². The van der Waals surface area contributed by atoms with Gasteiger partial charge >= 0.3 is 0 Å². The maximum atomic E-state index is 7.38. The van der Waals surface area contributed by atoms with E-state index in [1.165, 1.54) is 19.1 Å². The van der Waals surface area contributed by atoms with E-state index in [4.69, 9.17) is 16.1 Å². The van der Waals surface area contributed by atoms with Crippen LogP contribution in [0.15, 0.2) is 65.3 Å². The molecule has 1 saturated carbocycles. The maximum absolute atomic E-state index is 7.38. The summed E-state index contributed by atoms with van der Waals surface area (Å²) in [7, 11) is 0. The number of aliphatic imine (C=N–C) groups is 1. The van der Waals surface area contributed by atoms with Crippen LogP contribution < -0.4 is 27.0 Å². The van der Waals surface area contributed by atoms with Crippen LogP contribution in [0.25, 0.3) is 5.57 Å². The minimum Gasteiger partial charge on any atom is -0.398 e. The number of guanidine groups is 1. The Kier molecular flexibility index (Phi) is 4.16. The van der Waals surface area contributed by atoms with E-state index in [1.54, 1.807) is 18.5 Å². The molecule has 8 nitrogen and oxygen atoms in total. The third-order valence-corrected chi connectivity index (χ3v) is 5.14. The summed E-state index contributed by atoms with van der Waals surface area (Å²) in [5.74, 6) is 1.60. The molecule has 29 heavy (non-hydrogen) atoms. The fraction of sp³-hybridized carbons (Fsp3) is 0.190. The predicted molar refractivity (Wildman–Crippen MR) is 115 cm³/mol. The van der Waals surface area contributed by atoms with Crippen LogP contribution in [0.5, 0.6) is 0 Å². The molecular formula is C21H22N8. The Morgan fingerprint density at radius 3 is 2.72 bits per heavy atom. The van der Waals surface area contributed by atoms with Crippen molar-refractivity contribution in [3.8, 4) is 0 Å². The summed E-state index contributed by atoms with van der Waals surface area (Å²) in [4.78, 5) is 8.92. The van der Waals surface area contributed by atoms with Crippen molar-refractivity contribution < 1.29 is 0 Å². The van der Waals surface area contributed by atoms with Gasteiger partial charge in [-0.25, -0.2) is 4.99 Å². The Labute approximate surface area is 168 Å². The molecular weight excluding hydrogens is 364 g/mol. The van der Waals surface area contributed by atoms with Gasteiger partial charge in [0, 0.05) is 58.9 Å². The van der Waals surface area contributed by atoms with Gasteiger partial charge < -0.3 is 32.4 Å². The number of hydrogen-bond donors (Lipinski definition) is 6. The third kappa shape index (κ3) is 3.40. The molecule has 1 aromatic carbocycles. The number of hydrogen-bond acceptors (Lipinski definition) is 8. The summed E-state index contributed by atoms with van der Waals surface area (Å²) in [6, 6.07) is 10.0. The highest BCUT2D eigenvalue weighted by atomic mass is 15.3. The molecule has 1 aliphatic carbocycles. The lowest BCUT2D eigenvalue weighted by Crippen LogP contribution is -2.44. The number of pyridine rings is 1. The zero-order chi connectivity index (χ0) is 19.8. The highest BCUT2D eigenvalue weighted by Gasteiger charge is 2.34. The molecule has 0 amide bonds. The van der Waals surface area contributed by atoms with Gasteiger partial charge in [0.15, 0.2) is 6.17 Å². The van der Waals surface area contributed by atoms with Gasteiger partial charge in [-0.05, 0) is 48.7 Å². The number of nitrogen functional groups attached to an aromatic ring is 1. The quantitative estimate of drug-likeness (QED) is 0.345. The molecule has 3 heterocycles. The molecule has 146 valence electrons. The summed E-state index contributed by atoms with van der Waals surface area (Å²) >= 11 is 0.